The maximum atomic E-state index is 10.5. The fourth-order valence-electron chi connectivity index (χ4n) is 3.19. The minimum absolute atomic E-state index is 0.165. The van der Waals surface area contributed by atoms with Crippen molar-refractivity contribution >= 4 is 17.7 Å². The first kappa shape index (κ1) is 17.2. The van der Waals surface area contributed by atoms with Crippen LogP contribution in [0.5, 0.6) is 0 Å². The maximum absolute atomic E-state index is 10.5. The zero-order valence-electron chi connectivity index (χ0n) is 14.3. The lowest BCUT2D eigenvalue weighted by Gasteiger charge is -2.32. The molecule has 0 amide bonds. The number of carbonyl (C=O) groups is 1. The number of carboxylic acid groups (broad SMARTS) is 1. The second kappa shape index (κ2) is 8.46. The molecule has 1 aliphatic heterocycles. The largest absolute Gasteiger partial charge is 0.481 e. The molecule has 0 saturated carbocycles. The lowest BCUT2D eigenvalue weighted by atomic mass is 9.90. The molecule has 6 heteroatoms. The van der Waals surface area contributed by atoms with Gasteiger partial charge in [-0.1, -0.05) is 30.3 Å². The van der Waals surface area contributed by atoms with E-state index in [9.17, 15) is 4.79 Å². The van der Waals surface area contributed by atoms with Gasteiger partial charge in [-0.05, 0) is 36.8 Å². The van der Waals surface area contributed by atoms with Crippen LogP contribution in [0.3, 0.4) is 0 Å². The summed E-state index contributed by atoms with van der Waals surface area (Å²) in [5, 5.41) is 11.8. The monoisotopic (exact) mass is 340 g/mol. The van der Waals surface area contributed by atoms with Crippen molar-refractivity contribution in [3.63, 3.8) is 0 Å². The molecular weight excluding hydrogens is 316 g/mol. The van der Waals surface area contributed by atoms with Gasteiger partial charge in [-0.15, -0.1) is 0 Å². The second-order valence-corrected chi connectivity index (χ2v) is 6.34. The van der Waals surface area contributed by atoms with E-state index in [1.54, 1.807) is 6.20 Å². The van der Waals surface area contributed by atoms with Crippen molar-refractivity contribution in [3.8, 4) is 0 Å². The van der Waals surface area contributed by atoms with Crippen LogP contribution in [-0.2, 0) is 4.79 Å². The van der Waals surface area contributed by atoms with E-state index in [2.05, 4.69) is 50.5 Å². The summed E-state index contributed by atoms with van der Waals surface area (Å²) >= 11 is 0. The first-order valence-corrected chi connectivity index (χ1v) is 8.81. The van der Waals surface area contributed by atoms with E-state index in [0.717, 1.165) is 37.7 Å². The smallest absolute Gasteiger partial charge is 0.303 e. The van der Waals surface area contributed by atoms with Crippen molar-refractivity contribution in [1.82, 2.24) is 9.97 Å². The average molecular weight is 340 g/mol. The topological polar surface area (TPSA) is 78.3 Å². The molecule has 132 valence electrons. The molecule has 6 nitrogen and oxygen atoms in total. The Bertz CT molecular complexity index is 685. The van der Waals surface area contributed by atoms with Crippen LogP contribution in [0.1, 0.15) is 37.2 Å². The van der Waals surface area contributed by atoms with Crippen LogP contribution in [-0.4, -0.2) is 40.7 Å². The van der Waals surface area contributed by atoms with Gasteiger partial charge in [-0.25, -0.2) is 4.98 Å². The fraction of sp³-hybridized carbons (Fsp3) is 0.421. The van der Waals surface area contributed by atoms with Gasteiger partial charge >= 0.3 is 5.97 Å². The summed E-state index contributed by atoms with van der Waals surface area (Å²) in [6.07, 6.45) is 4.70. The molecule has 2 heterocycles. The Morgan fingerprint density at radius 3 is 2.68 bits per heavy atom. The van der Waals surface area contributed by atoms with Crippen LogP contribution in [0.4, 0.5) is 11.8 Å². The molecule has 3 rings (SSSR count). The molecule has 25 heavy (non-hydrogen) atoms. The number of anilines is 2. The van der Waals surface area contributed by atoms with E-state index >= 15 is 0 Å². The molecule has 1 saturated heterocycles. The lowest BCUT2D eigenvalue weighted by molar-refractivity contribution is -0.137. The molecule has 2 N–H and O–H groups in total. The number of carboxylic acids is 1. The zero-order chi connectivity index (χ0) is 17.5. The number of nitrogens with one attached hydrogen (secondary N) is 1. The fourth-order valence-corrected chi connectivity index (χ4v) is 3.19. The van der Waals surface area contributed by atoms with Gasteiger partial charge in [-0.3, -0.25) is 4.79 Å². The first-order valence-electron chi connectivity index (χ1n) is 8.81. The van der Waals surface area contributed by atoms with Crippen LogP contribution in [0.2, 0.25) is 0 Å². The predicted octanol–water partition coefficient (Wildman–Crippen LogP) is 3.14. The number of benzene rings is 1. The number of hydrogen-bond donors (Lipinski definition) is 2. The van der Waals surface area contributed by atoms with E-state index in [4.69, 9.17) is 5.11 Å². The molecule has 1 aromatic heterocycles. The summed E-state index contributed by atoms with van der Waals surface area (Å²) in [6.45, 7) is 2.49. The first-order chi connectivity index (χ1) is 12.2. The number of piperidine rings is 1. The molecule has 0 unspecified atom stereocenters. The van der Waals surface area contributed by atoms with Gasteiger partial charge in [0.2, 0.25) is 5.95 Å². The minimum atomic E-state index is -0.772. The molecule has 1 fully saturated rings. The van der Waals surface area contributed by atoms with E-state index in [1.807, 2.05) is 6.07 Å². The van der Waals surface area contributed by atoms with Gasteiger partial charge in [-0.2, -0.15) is 4.98 Å². The van der Waals surface area contributed by atoms with Gasteiger partial charge in [0.25, 0.3) is 0 Å². The van der Waals surface area contributed by atoms with E-state index in [1.165, 1.54) is 5.56 Å². The third kappa shape index (κ3) is 4.92. The normalized spacial score (nSPS) is 15.1. The molecule has 0 aliphatic carbocycles. The highest BCUT2D eigenvalue weighted by Crippen LogP contribution is 2.29. The van der Waals surface area contributed by atoms with Gasteiger partial charge in [0.05, 0.1) is 0 Å². The molecule has 0 radical (unpaired) electrons. The maximum Gasteiger partial charge on any atom is 0.303 e. The Morgan fingerprint density at radius 2 is 1.96 bits per heavy atom. The van der Waals surface area contributed by atoms with Crippen LogP contribution >= 0.6 is 0 Å². The quantitative estimate of drug-likeness (QED) is 0.754. The average Bonchev–Trinajstić information content (AvgIpc) is 2.66. The van der Waals surface area contributed by atoms with E-state index in [0.29, 0.717) is 18.9 Å². The zero-order valence-corrected chi connectivity index (χ0v) is 14.3. The van der Waals surface area contributed by atoms with E-state index < -0.39 is 5.97 Å². The van der Waals surface area contributed by atoms with Crippen LogP contribution in [0.25, 0.3) is 0 Å². The summed E-state index contributed by atoms with van der Waals surface area (Å²) in [6, 6.07) is 12.5. The number of aromatic nitrogens is 2. The highest BCUT2D eigenvalue weighted by Gasteiger charge is 2.22. The van der Waals surface area contributed by atoms with Crippen molar-refractivity contribution < 1.29 is 9.90 Å². The molecule has 0 spiro atoms. The van der Waals surface area contributed by atoms with Crippen molar-refractivity contribution in [2.45, 2.75) is 31.6 Å². The van der Waals surface area contributed by atoms with Gasteiger partial charge in [0.1, 0.15) is 5.82 Å². The summed E-state index contributed by atoms with van der Waals surface area (Å²) in [7, 11) is 0. The van der Waals surface area contributed by atoms with E-state index in [-0.39, 0.29) is 6.42 Å². The Kier molecular flexibility index (Phi) is 5.82. The number of hydrogen-bond acceptors (Lipinski definition) is 5. The number of nitrogens with zero attached hydrogens (tertiary/aromatic N) is 3. The number of rotatable bonds is 7. The predicted molar refractivity (Wildman–Crippen MR) is 98.0 cm³/mol. The molecule has 1 aliphatic rings. The SMILES string of the molecule is O=C(O)CCCNc1ccnc(N2CCC(c3ccccc3)CC2)n1. The second-order valence-electron chi connectivity index (χ2n) is 6.34. The van der Waals surface area contributed by atoms with Gasteiger partial charge in [0, 0.05) is 32.3 Å². The van der Waals surface area contributed by atoms with Crippen molar-refractivity contribution in [1.29, 1.82) is 0 Å². The summed E-state index contributed by atoms with van der Waals surface area (Å²) in [4.78, 5) is 21.7. The third-order valence-electron chi connectivity index (χ3n) is 4.57. The molecule has 1 aromatic carbocycles. The minimum Gasteiger partial charge on any atom is -0.481 e. The molecule has 0 atom stereocenters. The summed E-state index contributed by atoms with van der Waals surface area (Å²) in [5.41, 5.74) is 1.41. The van der Waals surface area contributed by atoms with Crippen molar-refractivity contribution in [3.05, 3.63) is 48.2 Å². The Balaban J connectivity index is 1.53. The Morgan fingerprint density at radius 1 is 1.20 bits per heavy atom. The molecular formula is C19H24N4O2. The van der Waals surface area contributed by atoms with Crippen LogP contribution in [0.15, 0.2) is 42.6 Å². The molecule has 2 aromatic rings. The lowest BCUT2D eigenvalue weighted by Crippen LogP contribution is -2.34. The molecule has 0 bridgehead atoms. The van der Waals surface area contributed by atoms with Gasteiger partial charge < -0.3 is 15.3 Å². The van der Waals surface area contributed by atoms with Crippen LogP contribution in [0, 0.1) is 0 Å². The van der Waals surface area contributed by atoms with Crippen molar-refractivity contribution in [2.75, 3.05) is 29.9 Å². The van der Waals surface area contributed by atoms with Gasteiger partial charge in [0.15, 0.2) is 0 Å². The van der Waals surface area contributed by atoms with Crippen LogP contribution < -0.4 is 10.2 Å². The summed E-state index contributed by atoms with van der Waals surface area (Å²) in [5.74, 6) is 1.33. The summed E-state index contributed by atoms with van der Waals surface area (Å²) < 4.78 is 0. The Hall–Kier alpha value is -2.63. The highest BCUT2D eigenvalue weighted by atomic mass is 16.4. The third-order valence-corrected chi connectivity index (χ3v) is 4.57. The van der Waals surface area contributed by atoms with Crippen molar-refractivity contribution in [2.24, 2.45) is 0 Å². The number of aliphatic carboxylic acids is 1. The highest BCUT2D eigenvalue weighted by molar-refractivity contribution is 5.66. The standard InChI is InChI=1S/C19H24N4O2/c24-18(25)7-4-11-20-17-8-12-21-19(22-17)23-13-9-16(10-14-23)15-5-2-1-3-6-15/h1-3,5-6,8,12,16H,4,7,9-11,13-14H2,(H,24,25)(H,20,21,22). The Labute approximate surface area is 147 Å².